The van der Waals surface area contributed by atoms with Crippen molar-refractivity contribution in [3.63, 3.8) is 0 Å². The van der Waals surface area contributed by atoms with Crippen LogP contribution in [0.1, 0.15) is 12.8 Å². The van der Waals surface area contributed by atoms with Crippen molar-refractivity contribution >= 4 is 27.6 Å². The molecule has 0 atom stereocenters. The summed E-state index contributed by atoms with van der Waals surface area (Å²) in [4.78, 5) is 23.2. The van der Waals surface area contributed by atoms with Crippen molar-refractivity contribution in [1.82, 2.24) is 9.88 Å². The molecule has 0 radical (unpaired) electrons. The molecule has 1 heterocycles. The summed E-state index contributed by atoms with van der Waals surface area (Å²) in [6.45, 7) is 0.556. The van der Waals surface area contributed by atoms with E-state index < -0.39 is 0 Å². The van der Waals surface area contributed by atoms with Crippen molar-refractivity contribution < 1.29 is 9.90 Å². The van der Waals surface area contributed by atoms with Crippen LogP contribution in [0.5, 0.6) is 0 Å². The molecule has 0 saturated heterocycles. The van der Waals surface area contributed by atoms with E-state index in [9.17, 15) is 9.59 Å². The van der Waals surface area contributed by atoms with Gasteiger partial charge in [-0.25, -0.2) is 4.79 Å². The molecule has 1 fully saturated rings. The minimum absolute atomic E-state index is 0.0959. The Kier molecular flexibility index (Phi) is 3.96. The lowest BCUT2D eigenvalue weighted by Crippen LogP contribution is -2.35. The largest absolute Gasteiger partial charge is 0.396 e. The highest BCUT2D eigenvalue weighted by Crippen LogP contribution is 2.44. The molecule has 0 bridgehead atoms. The maximum Gasteiger partial charge on any atom is 0.319 e. The monoisotopic (exact) mass is 329 g/mol. The minimum atomic E-state index is -0.342. The first-order valence-corrected chi connectivity index (χ1v) is 6.77. The van der Waals surface area contributed by atoms with Gasteiger partial charge < -0.3 is 20.3 Å². The molecule has 0 aromatic carbocycles. The number of aromatic nitrogens is 1. The third-order valence-electron chi connectivity index (χ3n) is 3.31. The summed E-state index contributed by atoms with van der Waals surface area (Å²) >= 11 is 3.14. The number of hydrogen-bond acceptors (Lipinski definition) is 3. The molecule has 104 valence electrons. The Labute approximate surface area is 118 Å². The number of nitrogens with one attached hydrogen (secondary N) is 2. The van der Waals surface area contributed by atoms with Gasteiger partial charge in [-0.1, -0.05) is 0 Å². The topological polar surface area (TPSA) is 83.4 Å². The molecule has 2 amide bonds. The summed E-state index contributed by atoms with van der Waals surface area (Å²) in [5.41, 5.74) is 0.241. The summed E-state index contributed by atoms with van der Waals surface area (Å²) in [6, 6.07) is 1.21. The number of hydrogen-bond donors (Lipinski definition) is 3. The van der Waals surface area contributed by atoms with Gasteiger partial charge in [-0.3, -0.25) is 4.79 Å². The lowest BCUT2D eigenvalue weighted by molar-refractivity contribution is 0.206. The van der Waals surface area contributed by atoms with Crippen LogP contribution in [0.15, 0.2) is 21.5 Å². The molecule has 6 nitrogen and oxygen atoms in total. The molecule has 1 aromatic rings. The molecule has 7 heteroatoms. The minimum Gasteiger partial charge on any atom is -0.396 e. The maximum atomic E-state index is 11.7. The van der Waals surface area contributed by atoms with Gasteiger partial charge in [-0.2, -0.15) is 0 Å². The normalized spacial score (nSPS) is 15.9. The van der Waals surface area contributed by atoms with Gasteiger partial charge in [0.15, 0.2) is 0 Å². The number of urea groups is 1. The fraction of sp³-hybridized carbons (Fsp3) is 0.500. The van der Waals surface area contributed by atoms with Crippen molar-refractivity contribution in [3.05, 3.63) is 27.1 Å². The molecule has 2 rings (SSSR count). The van der Waals surface area contributed by atoms with Crippen LogP contribution in [0.2, 0.25) is 0 Å². The summed E-state index contributed by atoms with van der Waals surface area (Å²) in [5.74, 6) is 0. The fourth-order valence-electron chi connectivity index (χ4n) is 1.75. The third kappa shape index (κ3) is 3.36. The Bertz CT molecular complexity index is 525. The lowest BCUT2D eigenvalue weighted by atomic mass is 10.1. The number of nitrogens with zero attached hydrogens (tertiary/aromatic N) is 1. The predicted molar refractivity (Wildman–Crippen MR) is 75.2 cm³/mol. The van der Waals surface area contributed by atoms with E-state index in [2.05, 4.69) is 26.6 Å². The van der Waals surface area contributed by atoms with Crippen LogP contribution in [0.3, 0.4) is 0 Å². The molecule has 19 heavy (non-hydrogen) atoms. The van der Waals surface area contributed by atoms with Crippen LogP contribution in [-0.2, 0) is 7.05 Å². The van der Waals surface area contributed by atoms with E-state index in [1.165, 1.54) is 4.57 Å². The van der Waals surface area contributed by atoms with E-state index >= 15 is 0 Å². The zero-order chi connectivity index (χ0) is 14.0. The second kappa shape index (κ2) is 5.34. The molecule has 0 unspecified atom stereocenters. The smallest absolute Gasteiger partial charge is 0.319 e. The molecular weight excluding hydrogens is 314 g/mol. The number of amides is 2. The number of carbonyl (C=O) groups excluding carboxylic acids is 1. The SMILES string of the molecule is Cn1cc(NC(=O)NCC2(CO)CC2)cc(Br)c1=O. The average Bonchev–Trinajstić information content (AvgIpc) is 3.14. The van der Waals surface area contributed by atoms with Crippen molar-refractivity contribution in [2.24, 2.45) is 12.5 Å². The first-order valence-electron chi connectivity index (χ1n) is 5.98. The first kappa shape index (κ1) is 14.1. The van der Waals surface area contributed by atoms with Gasteiger partial charge in [0.05, 0.1) is 16.8 Å². The summed E-state index contributed by atoms with van der Waals surface area (Å²) in [5, 5.41) is 14.5. The number of aliphatic hydroxyl groups excluding tert-OH is 1. The zero-order valence-electron chi connectivity index (χ0n) is 10.6. The Balaban J connectivity index is 1.94. The molecule has 0 aliphatic heterocycles. The van der Waals surface area contributed by atoms with E-state index in [0.29, 0.717) is 16.7 Å². The lowest BCUT2D eigenvalue weighted by Gasteiger charge is -2.13. The Morgan fingerprint density at radius 3 is 2.79 bits per heavy atom. The van der Waals surface area contributed by atoms with E-state index in [1.807, 2.05) is 0 Å². The summed E-state index contributed by atoms with van der Waals surface area (Å²) in [7, 11) is 1.61. The van der Waals surface area contributed by atoms with E-state index in [0.717, 1.165) is 12.8 Å². The number of aryl methyl sites for hydroxylation is 1. The number of aliphatic hydroxyl groups is 1. The van der Waals surface area contributed by atoms with Gasteiger partial charge in [0.2, 0.25) is 0 Å². The summed E-state index contributed by atoms with van der Waals surface area (Å²) in [6.07, 6.45) is 3.43. The molecule has 3 N–H and O–H groups in total. The van der Waals surface area contributed by atoms with Crippen LogP contribution < -0.4 is 16.2 Å². The number of pyridine rings is 1. The van der Waals surface area contributed by atoms with Crippen LogP contribution in [0, 0.1) is 5.41 Å². The Morgan fingerprint density at radius 1 is 1.58 bits per heavy atom. The number of anilines is 1. The maximum absolute atomic E-state index is 11.7. The van der Waals surface area contributed by atoms with Crippen LogP contribution >= 0.6 is 15.9 Å². The van der Waals surface area contributed by atoms with Gasteiger partial charge in [0.25, 0.3) is 5.56 Å². The molecular formula is C12H16BrN3O3. The standard InChI is InChI=1S/C12H16BrN3O3/c1-16-5-8(4-9(13)10(16)18)15-11(19)14-6-12(7-17)2-3-12/h4-5,17H,2-3,6-7H2,1H3,(H2,14,15,19). The predicted octanol–water partition coefficient (Wildman–Crippen LogP) is 1.04. The van der Waals surface area contributed by atoms with Crippen LogP contribution in [0.25, 0.3) is 0 Å². The van der Waals surface area contributed by atoms with Crippen LogP contribution in [0.4, 0.5) is 10.5 Å². The molecule has 0 spiro atoms. The fourth-order valence-corrected chi connectivity index (χ4v) is 2.28. The van der Waals surface area contributed by atoms with Gasteiger partial charge in [-0.15, -0.1) is 0 Å². The molecule has 1 aliphatic rings. The molecule has 1 saturated carbocycles. The molecule has 1 aromatic heterocycles. The second-order valence-electron chi connectivity index (χ2n) is 4.96. The van der Waals surface area contributed by atoms with Crippen LogP contribution in [-0.4, -0.2) is 28.9 Å². The highest BCUT2D eigenvalue weighted by atomic mass is 79.9. The van der Waals surface area contributed by atoms with Crippen molar-refractivity contribution in [3.8, 4) is 0 Å². The van der Waals surface area contributed by atoms with Gasteiger partial charge in [0.1, 0.15) is 0 Å². The number of rotatable bonds is 4. The Hall–Kier alpha value is -1.34. The van der Waals surface area contributed by atoms with Crippen molar-refractivity contribution in [1.29, 1.82) is 0 Å². The second-order valence-corrected chi connectivity index (χ2v) is 5.81. The van der Waals surface area contributed by atoms with Gasteiger partial charge in [0, 0.05) is 25.2 Å². The third-order valence-corrected chi connectivity index (χ3v) is 3.88. The number of carbonyl (C=O) groups is 1. The number of halogens is 1. The van der Waals surface area contributed by atoms with E-state index in [1.54, 1.807) is 19.3 Å². The average molecular weight is 330 g/mol. The van der Waals surface area contributed by atoms with Crippen molar-refractivity contribution in [2.75, 3.05) is 18.5 Å². The highest BCUT2D eigenvalue weighted by molar-refractivity contribution is 9.10. The van der Waals surface area contributed by atoms with Gasteiger partial charge in [-0.05, 0) is 34.8 Å². The highest BCUT2D eigenvalue weighted by Gasteiger charge is 2.42. The quantitative estimate of drug-likeness (QED) is 0.771. The molecule has 1 aliphatic carbocycles. The van der Waals surface area contributed by atoms with E-state index in [-0.39, 0.29) is 23.6 Å². The van der Waals surface area contributed by atoms with Gasteiger partial charge >= 0.3 is 6.03 Å². The summed E-state index contributed by atoms with van der Waals surface area (Å²) < 4.78 is 1.78. The van der Waals surface area contributed by atoms with E-state index in [4.69, 9.17) is 5.11 Å². The zero-order valence-corrected chi connectivity index (χ0v) is 12.2. The first-order chi connectivity index (χ1) is 8.96. The van der Waals surface area contributed by atoms with Crippen molar-refractivity contribution in [2.45, 2.75) is 12.8 Å². The Morgan fingerprint density at radius 2 is 2.26 bits per heavy atom.